The summed E-state index contributed by atoms with van der Waals surface area (Å²) < 4.78 is 0. The molecule has 0 bridgehead atoms. The van der Waals surface area contributed by atoms with Gasteiger partial charge in [0.05, 0.1) is 16.8 Å². The second-order valence-corrected chi connectivity index (χ2v) is 5.19. The standard InChI is InChI=1S/C13H20ClN3/c1-10-8-17(11(7-15)9-16(10)2)13-6-4-3-5-12(13)14/h3-6,10-11H,7-9,15H2,1-2H3. The lowest BCUT2D eigenvalue weighted by molar-refractivity contribution is 0.202. The van der Waals surface area contributed by atoms with Crippen molar-refractivity contribution in [1.82, 2.24) is 4.90 Å². The van der Waals surface area contributed by atoms with Crippen LogP contribution >= 0.6 is 11.6 Å². The molecule has 1 fully saturated rings. The SMILES string of the molecule is CC1CN(c2ccccc2Cl)C(CN)CN1C. The van der Waals surface area contributed by atoms with Gasteiger partial charge in [0.1, 0.15) is 0 Å². The number of piperazine rings is 1. The molecule has 17 heavy (non-hydrogen) atoms. The van der Waals surface area contributed by atoms with Crippen molar-refractivity contribution < 1.29 is 0 Å². The predicted molar refractivity (Wildman–Crippen MR) is 73.7 cm³/mol. The number of benzene rings is 1. The second-order valence-electron chi connectivity index (χ2n) is 4.78. The lowest BCUT2D eigenvalue weighted by atomic mass is 10.1. The molecule has 2 atom stereocenters. The van der Waals surface area contributed by atoms with Gasteiger partial charge in [0.15, 0.2) is 0 Å². The highest BCUT2D eigenvalue weighted by atomic mass is 35.5. The van der Waals surface area contributed by atoms with Crippen LogP contribution in [-0.2, 0) is 0 Å². The molecular formula is C13H20ClN3. The lowest BCUT2D eigenvalue weighted by Gasteiger charge is -2.45. The van der Waals surface area contributed by atoms with Gasteiger partial charge in [-0.25, -0.2) is 0 Å². The Morgan fingerprint density at radius 2 is 2.06 bits per heavy atom. The van der Waals surface area contributed by atoms with Crippen LogP contribution in [0.25, 0.3) is 0 Å². The summed E-state index contributed by atoms with van der Waals surface area (Å²) >= 11 is 6.27. The molecule has 1 aliphatic heterocycles. The van der Waals surface area contributed by atoms with Gasteiger partial charge in [0.2, 0.25) is 0 Å². The largest absolute Gasteiger partial charge is 0.363 e. The van der Waals surface area contributed by atoms with Gasteiger partial charge in [-0.2, -0.15) is 0 Å². The number of hydrogen-bond acceptors (Lipinski definition) is 3. The maximum Gasteiger partial charge on any atom is 0.0639 e. The zero-order chi connectivity index (χ0) is 12.4. The third-order valence-corrected chi connectivity index (χ3v) is 3.91. The van der Waals surface area contributed by atoms with E-state index in [1.807, 2.05) is 18.2 Å². The number of hydrogen-bond donors (Lipinski definition) is 1. The van der Waals surface area contributed by atoms with Gasteiger partial charge >= 0.3 is 0 Å². The van der Waals surface area contributed by atoms with Crippen molar-refractivity contribution in [3.63, 3.8) is 0 Å². The van der Waals surface area contributed by atoms with Crippen molar-refractivity contribution >= 4 is 17.3 Å². The van der Waals surface area contributed by atoms with Gasteiger partial charge in [-0.1, -0.05) is 23.7 Å². The first-order chi connectivity index (χ1) is 8.13. The van der Waals surface area contributed by atoms with Crippen molar-refractivity contribution in [2.75, 3.05) is 31.6 Å². The number of anilines is 1. The minimum Gasteiger partial charge on any atom is -0.363 e. The number of nitrogens with two attached hydrogens (primary N) is 1. The number of halogens is 1. The quantitative estimate of drug-likeness (QED) is 0.873. The second kappa shape index (κ2) is 5.25. The Labute approximate surface area is 108 Å². The maximum atomic E-state index is 6.27. The highest BCUT2D eigenvalue weighted by Crippen LogP contribution is 2.29. The molecule has 4 heteroatoms. The van der Waals surface area contributed by atoms with Crippen LogP contribution in [0.4, 0.5) is 5.69 Å². The molecule has 0 spiro atoms. The van der Waals surface area contributed by atoms with E-state index in [9.17, 15) is 0 Å². The zero-order valence-electron chi connectivity index (χ0n) is 10.4. The summed E-state index contributed by atoms with van der Waals surface area (Å²) in [6, 6.07) is 8.86. The van der Waals surface area contributed by atoms with Gasteiger partial charge in [-0.15, -0.1) is 0 Å². The molecule has 2 unspecified atom stereocenters. The fraction of sp³-hybridized carbons (Fsp3) is 0.538. The molecule has 1 heterocycles. The lowest BCUT2D eigenvalue weighted by Crippen LogP contribution is -2.58. The van der Waals surface area contributed by atoms with Gasteiger partial charge in [0, 0.05) is 25.7 Å². The molecule has 2 N–H and O–H groups in total. The smallest absolute Gasteiger partial charge is 0.0639 e. The molecule has 1 aromatic carbocycles. The fourth-order valence-corrected chi connectivity index (χ4v) is 2.61. The molecule has 0 aliphatic carbocycles. The molecule has 1 aliphatic rings. The van der Waals surface area contributed by atoms with Crippen molar-refractivity contribution in [1.29, 1.82) is 0 Å². The predicted octanol–water partition coefficient (Wildman–Crippen LogP) is 1.81. The minimum absolute atomic E-state index is 0.344. The van der Waals surface area contributed by atoms with Crippen LogP contribution in [-0.4, -0.2) is 43.7 Å². The summed E-state index contributed by atoms with van der Waals surface area (Å²) in [5.74, 6) is 0. The third-order valence-electron chi connectivity index (χ3n) is 3.59. The number of nitrogens with zero attached hydrogens (tertiary/aromatic N) is 2. The average molecular weight is 254 g/mol. The van der Waals surface area contributed by atoms with Crippen LogP contribution < -0.4 is 10.6 Å². The van der Waals surface area contributed by atoms with E-state index >= 15 is 0 Å². The Hall–Kier alpha value is -0.770. The highest BCUT2D eigenvalue weighted by Gasteiger charge is 2.29. The number of likely N-dealkylation sites (N-methyl/N-ethyl adjacent to an activating group) is 1. The summed E-state index contributed by atoms with van der Waals surface area (Å²) in [7, 11) is 2.15. The monoisotopic (exact) mass is 253 g/mol. The maximum absolute atomic E-state index is 6.27. The van der Waals surface area contributed by atoms with Gasteiger partial charge in [0.25, 0.3) is 0 Å². The molecule has 0 aromatic heterocycles. The summed E-state index contributed by atoms with van der Waals surface area (Å²) in [5.41, 5.74) is 6.98. The van der Waals surface area contributed by atoms with Crippen LogP contribution in [0.5, 0.6) is 0 Å². The number of para-hydroxylation sites is 1. The van der Waals surface area contributed by atoms with E-state index < -0.39 is 0 Å². The van der Waals surface area contributed by atoms with E-state index in [4.69, 9.17) is 17.3 Å². The average Bonchev–Trinajstić information content (AvgIpc) is 2.33. The molecule has 2 rings (SSSR count). The molecule has 1 saturated heterocycles. The van der Waals surface area contributed by atoms with Gasteiger partial charge in [-0.05, 0) is 26.1 Å². The van der Waals surface area contributed by atoms with Crippen LogP contribution in [0, 0.1) is 0 Å². The minimum atomic E-state index is 0.344. The first kappa shape index (κ1) is 12.7. The van der Waals surface area contributed by atoms with E-state index in [0.29, 0.717) is 18.6 Å². The van der Waals surface area contributed by atoms with Gasteiger partial charge in [-0.3, -0.25) is 4.90 Å². The van der Waals surface area contributed by atoms with E-state index in [1.54, 1.807) is 0 Å². The van der Waals surface area contributed by atoms with Crippen molar-refractivity contribution in [2.24, 2.45) is 5.73 Å². The molecule has 1 aromatic rings. The van der Waals surface area contributed by atoms with E-state index in [0.717, 1.165) is 23.8 Å². The normalized spacial score (nSPS) is 26.2. The number of rotatable bonds is 2. The Kier molecular flexibility index (Phi) is 3.92. The topological polar surface area (TPSA) is 32.5 Å². The molecule has 0 radical (unpaired) electrons. The summed E-state index contributed by atoms with van der Waals surface area (Å²) in [5, 5.41) is 0.808. The molecule has 94 valence electrons. The third kappa shape index (κ3) is 2.57. The Bertz CT molecular complexity index is 383. The van der Waals surface area contributed by atoms with Crippen molar-refractivity contribution in [2.45, 2.75) is 19.0 Å². The van der Waals surface area contributed by atoms with E-state index in [-0.39, 0.29) is 0 Å². The summed E-state index contributed by atoms with van der Waals surface area (Å²) in [4.78, 5) is 4.69. The van der Waals surface area contributed by atoms with Crippen LogP contribution in [0.1, 0.15) is 6.92 Å². The first-order valence-corrected chi connectivity index (χ1v) is 6.42. The molecular weight excluding hydrogens is 234 g/mol. The fourth-order valence-electron chi connectivity index (χ4n) is 2.37. The van der Waals surface area contributed by atoms with E-state index in [2.05, 4.69) is 29.8 Å². The first-order valence-electron chi connectivity index (χ1n) is 6.05. The van der Waals surface area contributed by atoms with E-state index in [1.165, 1.54) is 0 Å². The molecule has 3 nitrogen and oxygen atoms in total. The molecule has 0 amide bonds. The van der Waals surface area contributed by atoms with Crippen LogP contribution in [0.2, 0.25) is 5.02 Å². The van der Waals surface area contributed by atoms with Crippen LogP contribution in [0.3, 0.4) is 0 Å². The summed E-state index contributed by atoms with van der Waals surface area (Å²) in [6.07, 6.45) is 0. The van der Waals surface area contributed by atoms with Crippen LogP contribution in [0.15, 0.2) is 24.3 Å². The Morgan fingerprint density at radius 1 is 1.35 bits per heavy atom. The van der Waals surface area contributed by atoms with Gasteiger partial charge < -0.3 is 10.6 Å². The Balaban J connectivity index is 2.27. The zero-order valence-corrected chi connectivity index (χ0v) is 11.2. The Morgan fingerprint density at radius 3 is 2.71 bits per heavy atom. The highest BCUT2D eigenvalue weighted by molar-refractivity contribution is 6.33. The molecule has 0 saturated carbocycles. The summed E-state index contributed by atoms with van der Waals surface area (Å²) in [6.45, 7) is 4.85. The van der Waals surface area contributed by atoms with Crippen molar-refractivity contribution in [3.8, 4) is 0 Å². The van der Waals surface area contributed by atoms with Crippen molar-refractivity contribution in [3.05, 3.63) is 29.3 Å².